The Balaban J connectivity index is 2.07. The summed E-state index contributed by atoms with van der Waals surface area (Å²) < 4.78 is 0. The number of imide groups is 1. The molecule has 0 atom stereocenters. The molecular weight excluding hydrogens is 248 g/mol. The lowest BCUT2D eigenvalue weighted by atomic mass is 10.1. The highest BCUT2D eigenvalue weighted by Gasteiger charge is 2.48. The second kappa shape index (κ2) is 4.65. The minimum Gasteiger partial charge on any atom is -0.313 e. The summed E-state index contributed by atoms with van der Waals surface area (Å²) in [6.45, 7) is 3.53. The van der Waals surface area contributed by atoms with Gasteiger partial charge in [-0.25, -0.2) is 4.79 Å². The molecular formula is C13H16N2O2S. The van der Waals surface area contributed by atoms with Crippen molar-refractivity contribution in [2.45, 2.75) is 24.3 Å². The van der Waals surface area contributed by atoms with Crippen molar-refractivity contribution in [2.24, 2.45) is 0 Å². The third kappa shape index (κ3) is 2.10. The summed E-state index contributed by atoms with van der Waals surface area (Å²) in [5.41, 5.74) is -0.742. The summed E-state index contributed by atoms with van der Waals surface area (Å²) in [5, 5.41) is 0. The molecule has 1 aliphatic rings. The van der Waals surface area contributed by atoms with Gasteiger partial charge in [-0.2, -0.15) is 0 Å². The molecule has 1 saturated heterocycles. The predicted molar refractivity (Wildman–Crippen MR) is 71.3 cm³/mol. The van der Waals surface area contributed by atoms with E-state index in [0.717, 1.165) is 4.90 Å². The van der Waals surface area contributed by atoms with Gasteiger partial charge in [-0.1, -0.05) is 18.2 Å². The molecule has 0 bridgehead atoms. The van der Waals surface area contributed by atoms with Crippen LogP contribution in [-0.2, 0) is 4.79 Å². The van der Waals surface area contributed by atoms with Gasteiger partial charge in [-0.05, 0) is 26.0 Å². The highest BCUT2D eigenvalue weighted by molar-refractivity contribution is 7.99. The summed E-state index contributed by atoms with van der Waals surface area (Å²) in [5.74, 6) is 0.216. The summed E-state index contributed by atoms with van der Waals surface area (Å²) >= 11 is 1.49. The van der Waals surface area contributed by atoms with E-state index in [2.05, 4.69) is 0 Å². The molecule has 1 aliphatic heterocycles. The molecule has 1 aromatic rings. The topological polar surface area (TPSA) is 40.6 Å². The van der Waals surface area contributed by atoms with Gasteiger partial charge >= 0.3 is 6.03 Å². The monoisotopic (exact) mass is 264 g/mol. The number of hydrogen-bond donors (Lipinski definition) is 0. The van der Waals surface area contributed by atoms with Crippen molar-refractivity contribution < 1.29 is 9.59 Å². The number of nitrogens with zero attached hydrogens (tertiary/aromatic N) is 2. The molecule has 0 unspecified atom stereocenters. The van der Waals surface area contributed by atoms with Crippen molar-refractivity contribution in [3.8, 4) is 0 Å². The van der Waals surface area contributed by atoms with Gasteiger partial charge in [-0.3, -0.25) is 9.69 Å². The number of carbonyl (C=O) groups is 2. The molecule has 5 heteroatoms. The lowest BCUT2D eigenvalue weighted by Gasteiger charge is -2.22. The Labute approximate surface area is 111 Å². The van der Waals surface area contributed by atoms with Crippen molar-refractivity contribution in [1.29, 1.82) is 0 Å². The van der Waals surface area contributed by atoms with E-state index in [1.54, 1.807) is 20.9 Å². The van der Waals surface area contributed by atoms with Gasteiger partial charge in [0.2, 0.25) is 0 Å². The predicted octanol–water partition coefficient (Wildman–Crippen LogP) is 2.41. The van der Waals surface area contributed by atoms with Crippen LogP contribution in [0.1, 0.15) is 13.8 Å². The van der Waals surface area contributed by atoms with Crippen LogP contribution in [-0.4, -0.2) is 40.2 Å². The Morgan fingerprint density at radius 3 is 2.28 bits per heavy atom. The second-order valence-electron chi connectivity index (χ2n) is 4.72. The Hall–Kier alpha value is -1.49. The van der Waals surface area contributed by atoms with Crippen LogP contribution in [0.2, 0.25) is 0 Å². The molecule has 4 nitrogen and oxygen atoms in total. The van der Waals surface area contributed by atoms with Crippen LogP contribution in [0.4, 0.5) is 4.79 Å². The Morgan fingerprint density at radius 2 is 1.78 bits per heavy atom. The summed E-state index contributed by atoms with van der Waals surface area (Å²) in [7, 11) is 1.66. The summed E-state index contributed by atoms with van der Waals surface area (Å²) in [6.07, 6.45) is 0. The van der Waals surface area contributed by atoms with Crippen molar-refractivity contribution in [3.63, 3.8) is 0 Å². The van der Waals surface area contributed by atoms with Gasteiger partial charge in [0.25, 0.3) is 5.91 Å². The fourth-order valence-electron chi connectivity index (χ4n) is 1.75. The number of hydrogen-bond acceptors (Lipinski definition) is 3. The van der Waals surface area contributed by atoms with Crippen LogP contribution in [0.15, 0.2) is 35.2 Å². The van der Waals surface area contributed by atoms with E-state index in [9.17, 15) is 9.59 Å². The molecule has 0 aromatic heterocycles. The van der Waals surface area contributed by atoms with E-state index in [0.29, 0.717) is 5.88 Å². The van der Waals surface area contributed by atoms with E-state index >= 15 is 0 Å². The fraction of sp³-hybridized carbons (Fsp3) is 0.385. The molecule has 0 radical (unpaired) electrons. The second-order valence-corrected chi connectivity index (χ2v) is 5.74. The molecule has 0 spiro atoms. The lowest BCUT2D eigenvalue weighted by molar-refractivity contribution is -0.130. The van der Waals surface area contributed by atoms with Crippen molar-refractivity contribution >= 4 is 23.7 Å². The molecule has 18 heavy (non-hydrogen) atoms. The number of urea groups is 1. The smallest absolute Gasteiger partial charge is 0.313 e. The summed E-state index contributed by atoms with van der Waals surface area (Å²) in [4.78, 5) is 27.9. The first-order valence-corrected chi connectivity index (χ1v) is 6.71. The first-order chi connectivity index (χ1) is 8.44. The van der Waals surface area contributed by atoms with Gasteiger partial charge in [0.15, 0.2) is 0 Å². The Kier molecular flexibility index (Phi) is 3.34. The zero-order valence-electron chi connectivity index (χ0n) is 10.7. The molecule has 1 heterocycles. The van der Waals surface area contributed by atoms with E-state index in [1.807, 2.05) is 30.3 Å². The molecule has 2 rings (SSSR count). The molecule has 0 saturated carbocycles. The average molecular weight is 264 g/mol. The maximum absolute atomic E-state index is 12.1. The number of thioether (sulfide) groups is 1. The van der Waals surface area contributed by atoms with E-state index in [-0.39, 0.29) is 11.9 Å². The molecule has 0 N–H and O–H groups in total. The van der Waals surface area contributed by atoms with Crippen LogP contribution in [0.3, 0.4) is 0 Å². The molecule has 1 aromatic carbocycles. The minimum absolute atomic E-state index is 0.140. The maximum atomic E-state index is 12.1. The number of benzene rings is 1. The zero-order chi connectivity index (χ0) is 13.3. The van der Waals surface area contributed by atoms with Crippen molar-refractivity contribution in [3.05, 3.63) is 30.3 Å². The Morgan fingerprint density at radius 1 is 1.17 bits per heavy atom. The van der Waals surface area contributed by atoms with Crippen LogP contribution in [0.5, 0.6) is 0 Å². The van der Waals surface area contributed by atoms with E-state index < -0.39 is 5.54 Å². The van der Waals surface area contributed by atoms with Crippen LogP contribution >= 0.6 is 11.8 Å². The highest BCUT2D eigenvalue weighted by Crippen LogP contribution is 2.28. The SMILES string of the molecule is CN1C(=O)N(CSc2ccccc2)C(=O)C1(C)C. The quantitative estimate of drug-likeness (QED) is 0.622. The Bertz CT molecular complexity index is 473. The standard InChI is InChI=1S/C13H16N2O2S/c1-13(2)11(16)15(12(17)14(13)3)9-18-10-7-5-4-6-8-10/h4-8H,9H2,1-3H3. The van der Waals surface area contributed by atoms with E-state index in [4.69, 9.17) is 0 Å². The number of likely N-dealkylation sites (N-methyl/N-ethyl adjacent to an activating group) is 1. The third-order valence-electron chi connectivity index (χ3n) is 3.23. The average Bonchev–Trinajstić information content (AvgIpc) is 2.51. The highest BCUT2D eigenvalue weighted by atomic mass is 32.2. The van der Waals surface area contributed by atoms with Crippen LogP contribution in [0.25, 0.3) is 0 Å². The van der Waals surface area contributed by atoms with Gasteiger partial charge in [-0.15, -0.1) is 11.8 Å². The third-order valence-corrected chi connectivity index (χ3v) is 4.22. The molecule has 96 valence electrons. The lowest BCUT2D eigenvalue weighted by Crippen LogP contribution is -2.41. The summed E-state index contributed by atoms with van der Waals surface area (Å²) in [6, 6.07) is 9.51. The number of rotatable bonds is 3. The minimum atomic E-state index is -0.742. The van der Waals surface area contributed by atoms with Gasteiger partial charge < -0.3 is 4.90 Å². The first-order valence-electron chi connectivity index (χ1n) is 5.72. The fourth-order valence-corrected chi connectivity index (χ4v) is 2.61. The number of amides is 3. The number of carbonyl (C=O) groups excluding carboxylic acids is 2. The maximum Gasteiger partial charge on any atom is 0.328 e. The van der Waals surface area contributed by atoms with Gasteiger partial charge in [0.05, 0.1) is 5.88 Å². The zero-order valence-corrected chi connectivity index (χ0v) is 11.5. The molecule has 3 amide bonds. The van der Waals surface area contributed by atoms with Crippen LogP contribution < -0.4 is 0 Å². The van der Waals surface area contributed by atoms with Crippen molar-refractivity contribution in [1.82, 2.24) is 9.80 Å². The van der Waals surface area contributed by atoms with Gasteiger partial charge in [0, 0.05) is 11.9 Å². The van der Waals surface area contributed by atoms with E-state index in [1.165, 1.54) is 21.6 Å². The normalized spacial score (nSPS) is 18.6. The largest absolute Gasteiger partial charge is 0.328 e. The first kappa shape index (κ1) is 13.0. The van der Waals surface area contributed by atoms with Gasteiger partial charge in [0.1, 0.15) is 5.54 Å². The molecule has 0 aliphatic carbocycles. The van der Waals surface area contributed by atoms with Crippen molar-refractivity contribution in [2.75, 3.05) is 12.9 Å². The molecule has 1 fully saturated rings. The van der Waals surface area contributed by atoms with Crippen LogP contribution in [0, 0.1) is 0 Å².